The smallest absolute Gasteiger partial charge is 0.339 e. The van der Waals surface area contributed by atoms with E-state index in [2.05, 4.69) is 0 Å². The molecule has 0 bridgehead atoms. The molecule has 6 heteroatoms. The Balaban J connectivity index is 3.05. The first-order valence-electron chi connectivity index (χ1n) is 4.95. The van der Waals surface area contributed by atoms with E-state index in [1.807, 2.05) is 0 Å². The first-order chi connectivity index (χ1) is 8.11. The molecule has 0 N–H and O–H groups in total. The second-order valence-corrected chi connectivity index (χ2v) is 4.16. The third-order valence-corrected chi connectivity index (χ3v) is 2.70. The Labute approximate surface area is 115 Å². The average molecular weight is 298 g/mol. The number of carbonyl (C=O) groups is 1. The summed E-state index contributed by atoms with van der Waals surface area (Å²) in [6.07, 6.45) is 0. The van der Waals surface area contributed by atoms with Crippen LogP contribution in [0.2, 0.25) is 10.0 Å². The van der Waals surface area contributed by atoms with Gasteiger partial charge in [-0.15, -0.1) is 11.6 Å². The SMILES string of the molecule is CCOC(=O)c1ccc(Cl)c(OCCCl)c1Cl. The third-order valence-electron chi connectivity index (χ3n) is 1.87. The molecule has 94 valence electrons. The zero-order valence-electron chi connectivity index (χ0n) is 9.13. The largest absolute Gasteiger partial charge is 0.489 e. The Kier molecular flexibility index (Phi) is 5.89. The second kappa shape index (κ2) is 6.94. The molecule has 0 aliphatic rings. The quantitative estimate of drug-likeness (QED) is 0.613. The molecule has 0 aromatic heterocycles. The van der Waals surface area contributed by atoms with E-state index in [1.54, 1.807) is 6.92 Å². The molecule has 0 aliphatic carbocycles. The average Bonchev–Trinajstić information content (AvgIpc) is 2.29. The minimum Gasteiger partial charge on any atom is -0.489 e. The molecule has 0 saturated carbocycles. The summed E-state index contributed by atoms with van der Waals surface area (Å²) in [5.41, 5.74) is 0.225. The Morgan fingerprint density at radius 1 is 1.35 bits per heavy atom. The zero-order chi connectivity index (χ0) is 12.8. The van der Waals surface area contributed by atoms with Gasteiger partial charge in [-0.1, -0.05) is 23.2 Å². The molecule has 17 heavy (non-hydrogen) atoms. The molecule has 0 fully saturated rings. The molecule has 1 rings (SSSR count). The number of hydrogen-bond donors (Lipinski definition) is 0. The predicted octanol–water partition coefficient (Wildman–Crippen LogP) is 3.79. The van der Waals surface area contributed by atoms with Crippen molar-refractivity contribution in [3.63, 3.8) is 0 Å². The second-order valence-electron chi connectivity index (χ2n) is 3.00. The summed E-state index contributed by atoms with van der Waals surface area (Å²) in [6, 6.07) is 3.03. The van der Waals surface area contributed by atoms with Crippen LogP contribution in [0.25, 0.3) is 0 Å². The van der Waals surface area contributed by atoms with E-state index < -0.39 is 5.97 Å². The Morgan fingerprint density at radius 3 is 2.65 bits per heavy atom. The van der Waals surface area contributed by atoms with Gasteiger partial charge in [-0.3, -0.25) is 0 Å². The van der Waals surface area contributed by atoms with Crippen LogP contribution >= 0.6 is 34.8 Å². The zero-order valence-corrected chi connectivity index (χ0v) is 11.4. The van der Waals surface area contributed by atoms with E-state index in [0.717, 1.165) is 0 Å². The lowest BCUT2D eigenvalue weighted by molar-refractivity contribution is 0.0526. The van der Waals surface area contributed by atoms with Gasteiger partial charge in [-0.2, -0.15) is 0 Å². The van der Waals surface area contributed by atoms with Crippen LogP contribution in [-0.4, -0.2) is 25.1 Å². The fourth-order valence-electron chi connectivity index (χ4n) is 1.17. The number of carbonyl (C=O) groups excluding carboxylic acids is 1. The summed E-state index contributed by atoms with van der Waals surface area (Å²) in [7, 11) is 0. The molecule has 1 aromatic rings. The van der Waals surface area contributed by atoms with Crippen LogP contribution in [0.15, 0.2) is 12.1 Å². The molecule has 3 nitrogen and oxygen atoms in total. The highest BCUT2D eigenvalue weighted by Crippen LogP contribution is 2.35. The van der Waals surface area contributed by atoms with Crippen molar-refractivity contribution in [3.05, 3.63) is 27.7 Å². The maximum absolute atomic E-state index is 11.6. The van der Waals surface area contributed by atoms with Crippen LogP contribution in [0.5, 0.6) is 5.75 Å². The van der Waals surface area contributed by atoms with Crippen molar-refractivity contribution in [2.24, 2.45) is 0 Å². The van der Waals surface area contributed by atoms with Gasteiger partial charge in [0.25, 0.3) is 0 Å². The van der Waals surface area contributed by atoms with Crippen molar-refractivity contribution in [1.82, 2.24) is 0 Å². The summed E-state index contributed by atoms with van der Waals surface area (Å²) in [6.45, 7) is 2.25. The summed E-state index contributed by atoms with van der Waals surface area (Å²) in [4.78, 5) is 11.6. The first kappa shape index (κ1) is 14.4. The molecule has 0 radical (unpaired) electrons. The van der Waals surface area contributed by atoms with E-state index in [1.165, 1.54) is 12.1 Å². The fraction of sp³-hybridized carbons (Fsp3) is 0.364. The number of halogens is 3. The van der Waals surface area contributed by atoms with Crippen LogP contribution in [0.3, 0.4) is 0 Å². The molecular formula is C11H11Cl3O3. The maximum atomic E-state index is 11.6. The lowest BCUT2D eigenvalue weighted by atomic mass is 10.2. The topological polar surface area (TPSA) is 35.5 Å². The van der Waals surface area contributed by atoms with E-state index in [9.17, 15) is 4.79 Å². The van der Waals surface area contributed by atoms with Crippen molar-refractivity contribution in [3.8, 4) is 5.75 Å². The molecule has 1 aromatic carbocycles. The minimum atomic E-state index is -0.509. The van der Waals surface area contributed by atoms with Crippen LogP contribution in [-0.2, 0) is 4.74 Å². The highest BCUT2D eigenvalue weighted by Gasteiger charge is 2.18. The lowest BCUT2D eigenvalue weighted by Gasteiger charge is -2.11. The van der Waals surface area contributed by atoms with Crippen molar-refractivity contribution in [2.45, 2.75) is 6.92 Å². The van der Waals surface area contributed by atoms with Gasteiger partial charge in [0, 0.05) is 0 Å². The molecule has 0 amide bonds. The number of benzene rings is 1. The lowest BCUT2D eigenvalue weighted by Crippen LogP contribution is -2.07. The Hall–Kier alpha value is -0.640. The van der Waals surface area contributed by atoms with Gasteiger partial charge < -0.3 is 9.47 Å². The predicted molar refractivity (Wildman–Crippen MR) is 68.6 cm³/mol. The van der Waals surface area contributed by atoms with Crippen LogP contribution < -0.4 is 4.74 Å². The first-order valence-corrected chi connectivity index (χ1v) is 6.24. The molecule has 0 saturated heterocycles. The normalized spacial score (nSPS) is 10.1. The summed E-state index contributed by atoms with van der Waals surface area (Å²) in [5.74, 6) is 0.0421. The monoisotopic (exact) mass is 296 g/mol. The molecule has 0 atom stereocenters. The van der Waals surface area contributed by atoms with Crippen molar-refractivity contribution in [2.75, 3.05) is 19.1 Å². The van der Waals surface area contributed by atoms with Crippen LogP contribution in [0.1, 0.15) is 17.3 Å². The molecule has 0 aliphatic heterocycles. The summed E-state index contributed by atoms with van der Waals surface area (Å²) < 4.78 is 10.1. The van der Waals surface area contributed by atoms with Crippen LogP contribution in [0, 0.1) is 0 Å². The van der Waals surface area contributed by atoms with Gasteiger partial charge >= 0.3 is 5.97 Å². The number of ether oxygens (including phenoxy) is 2. The summed E-state index contributed by atoms with van der Waals surface area (Å²) in [5, 5.41) is 0.467. The van der Waals surface area contributed by atoms with Crippen molar-refractivity contribution < 1.29 is 14.3 Å². The van der Waals surface area contributed by atoms with Gasteiger partial charge in [0.15, 0.2) is 5.75 Å². The molecule has 0 unspecified atom stereocenters. The third kappa shape index (κ3) is 3.66. The molecular weight excluding hydrogens is 286 g/mol. The van der Waals surface area contributed by atoms with E-state index in [4.69, 9.17) is 44.3 Å². The van der Waals surface area contributed by atoms with E-state index in [-0.39, 0.29) is 29.5 Å². The van der Waals surface area contributed by atoms with Crippen molar-refractivity contribution in [1.29, 1.82) is 0 Å². The van der Waals surface area contributed by atoms with Gasteiger partial charge in [0.05, 0.1) is 28.1 Å². The maximum Gasteiger partial charge on any atom is 0.339 e. The standard InChI is InChI=1S/C11H11Cl3O3/c1-2-16-11(15)7-3-4-8(13)10(9(7)14)17-6-5-12/h3-4H,2,5-6H2,1H3. The molecule has 0 spiro atoms. The Morgan fingerprint density at radius 2 is 2.06 bits per heavy atom. The highest BCUT2D eigenvalue weighted by atomic mass is 35.5. The Bertz CT molecular complexity index is 407. The number of rotatable bonds is 5. The highest BCUT2D eigenvalue weighted by molar-refractivity contribution is 6.39. The molecule has 0 heterocycles. The summed E-state index contributed by atoms with van der Waals surface area (Å²) >= 11 is 17.4. The van der Waals surface area contributed by atoms with Gasteiger partial charge in [0.1, 0.15) is 6.61 Å². The van der Waals surface area contributed by atoms with Crippen LogP contribution in [0.4, 0.5) is 0 Å². The van der Waals surface area contributed by atoms with Crippen molar-refractivity contribution >= 4 is 40.8 Å². The number of esters is 1. The van der Waals surface area contributed by atoms with Gasteiger partial charge in [0.2, 0.25) is 0 Å². The number of alkyl halides is 1. The van der Waals surface area contributed by atoms with Gasteiger partial charge in [-0.25, -0.2) is 4.79 Å². The number of hydrogen-bond acceptors (Lipinski definition) is 3. The van der Waals surface area contributed by atoms with E-state index in [0.29, 0.717) is 10.9 Å². The minimum absolute atomic E-state index is 0.140. The van der Waals surface area contributed by atoms with E-state index >= 15 is 0 Å². The fourth-order valence-corrected chi connectivity index (χ4v) is 1.81. The van der Waals surface area contributed by atoms with Gasteiger partial charge in [-0.05, 0) is 19.1 Å².